The van der Waals surface area contributed by atoms with Gasteiger partial charge in [0.2, 0.25) is 0 Å². The van der Waals surface area contributed by atoms with Crippen LogP contribution in [0.25, 0.3) is 0 Å². The van der Waals surface area contributed by atoms with Crippen LogP contribution < -0.4 is 5.32 Å². The van der Waals surface area contributed by atoms with Crippen LogP contribution >= 0.6 is 12.4 Å². The summed E-state index contributed by atoms with van der Waals surface area (Å²) >= 11 is 0. The van der Waals surface area contributed by atoms with E-state index in [0.717, 1.165) is 6.04 Å². The number of nitrogens with one attached hydrogen (secondary N) is 1. The van der Waals surface area contributed by atoms with Crippen molar-refractivity contribution in [3.8, 4) is 0 Å². The summed E-state index contributed by atoms with van der Waals surface area (Å²) in [6, 6.07) is 0.730. The molecule has 1 saturated heterocycles. The summed E-state index contributed by atoms with van der Waals surface area (Å²) in [7, 11) is 2.08. The molecule has 1 aliphatic heterocycles. The number of nitrogens with zero attached hydrogens (tertiary/aromatic N) is 1. The highest BCUT2D eigenvalue weighted by Gasteiger charge is 2.30. The van der Waals surface area contributed by atoms with Crippen molar-refractivity contribution in [1.82, 2.24) is 10.2 Å². The first-order valence-corrected chi connectivity index (χ1v) is 6.59. The Labute approximate surface area is 108 Å². The van der Waals surface area contributed by atoms with Crippen LogP contribution in [0, 0.1) is 5.41 Å². The predicted molar refractivity (Wildman–Crippen MR) is 74.5 cm³/mol. The van der Waals surface area contributed by atoms with Crippen molar-refractivity contribution in [2.24, 2.45) is 5.41 Å². The van der Waals surface area contributed by atoms with Crippen LogP contribution in [0.2, 0.25) is 0 Å². The Bertz CT molecular complexity index is 173. The summed E-state index contributed by atoms with van der Waals surface area (Å²) in [6.45, 7) is 10.9. The Morgan fingerprint density at radius 1 is 1.19 bits per heavy atom. The number of rotatable bonds is 6. The summed E-state index contributed by atoms with van der Waals surface area (Å²) in [5.74, 6) is 0. The smallest absolute Gasteiger partial charge is 0.0204 e. The molecule has 1 atom stereocenters. The van der Waals surface area contributed by atoms with Crippen molar-refractivity contribution in [3.05, 3.63) is 0 Å². The molecule has 0 aromatic heterocycles. The van der Waals surface area contributed by atoms with Gasteiger partial charge in [0.05, 0.1) is 0 Å². The van der Waals surface area contributed by atoms with Gasteiger partial charge in [-0.05, 0) is 44.7 Å². The van der Waals surface area contributed by atoms with Gasteiger partial charge in [0.25, 0.3) is 0 Å². The molecule has 0 aromatic rings. The van der Waals surface area contributed by atoms with Gasteiger partial charge >= 0.3 is 0 Å². The number of halogens is 1. The van der Waals surface area contributed by atoms with Crippen LogP contribution in [-0.2, 0) is 0 Å². The molecule has 0 radical (unpaired) electrons. The van der Waals surface area contributed by atoms with E-state index >= 15 is 0 Å². The third-order valence-corrected chi connectivity index (χ3v) is 4.49. The number of likely N-dealkylation sites (N-methyl/N-ethyl adjacent to an activating group) is 1. The zero-order valence-electron chi connectivity index (χ0n) is 11.4. The molecule has 1 fully saturated rings. The van der Waals surface area contributed by atoms with Gasteiger partial charge in [0.1, 0.15) is 0 Å². The Balaban J connectivity index is 0.00000225. The zero-order valence-corrected chi connectivity index (χ0v) is 12.2. The Morgan fingerprint density at radius 3 is 2.12 bits per heavy atom. The van der Waals surface area contributed by atoms with Gasteiger partial charge in [-0.3, -0.25) is 0 Å². The van der Waals surface area contributed by atoms with Crippen molar-refractivity contribution in [2.45, 2.75) is 52.5 Å². The molecule has 2 nitrogen and oxygen atoms in total. The summed E-state index contributed by atoms with van der Waals surface area (Å²) < 4.78 is 0. The SMILES string of the molecule is CCC(CC)(CC)CN1CCC(NC)C1.Cl. The maximum atomic E-state index is 3.39. The van der Waals surface area contributed by atoms with Crippen LogP contribution in [0.3, 0.4) is 0 Å². The van der Waals surface area contributed by atoms with E-state index in [2.05, 4.69) is 38.0 Å². The van der Waals surface area contributed by atoms with Gasteiger partial charge in [-0.15, -0.1) is 12.4 Å². The lowest BCUT2D eigenvalue weighted by atomic mass is 9.79. The molecule has 1 N–H and O–H groups in total. The zero-order chi connectivity index (χ0) is 11.3. The minimum absolute atomic E-state index is 0. The normalized spacial score (nSPS) is 22.1. The van der Waals surface area contributed by atoms with Crippen molar-refractivity contribution < 1.29 is 0 Å². The molecule has 0 bridgehead atoms. The Hall–Kier alpha value is 0.210. The van der Waals surface area contributed by atoms with Crippen molar-refractivity contribution in [2.75, 3.05) is 26.7 Å². The fourth-order valence-electron chi connectivity index (χ4n) is 2.77. The molecular formula is C13H29ClN2. The molecule has 1 unspecified atom stereocenters. The molecular weight excluding hydrogens is 220 g/mol. The largest absolute Gasteiger partial charge is 0.316 e. The lowest BCUT2D eigenvalue weighted by molar-refractivity contribution is 0.151. The first kappa shape index (κ1) is 16.2. The van der Waals surface area contributed by atoms with E-state index in [9.17, 15) is 0 Å². The molecule has 0 saturated carbocycles. The molecule has 1 rings (SSSR count). The van der Waals surface area contributed by atoms with E-state index in [1.165, 1.54) is 45.3 Å². The minimum Gasteiger partial charge on any atom is -0.316 e. The number of likely N-dealkylation sites (tertiary alicyclic amines) is 1. The summed E-state index contributed by atoms with van der Waals surface area (Å²) in [6.07, 6.45) is 5.28. The molecule has 0 spiro atoms. The van der Waals surface area contributed by atoms with Gasteiger partial charge in [-0.2, -0.15) is 0 Å². The topological polar surface area (TPSA) is 15.3 Å². The van der Waals surface area contributed by atoms with Crippen LogP contribution in [0.5, 0.6) is 0 Å². The van der Waals surface area contributed by atoms with E-state index in [0.29, 0.717) is 5.41 Å². The van der Waals surface area contributed by atoms with Crippen LogP contribution in [0.15, 0.2) is 0 Å². The fourth-order valence-corrected chi connectivity index (χ4v) is 2.77. The van der Waals surface area contributed by atoms with Crippen molar-refractivity contribution in [3.63, 3.8) is 0 Å². The van der Waals surface area contributed by atoms with E-state index in [1.807, 2.05) is 0 Å². The van der Waals surface area contributed by atoms with Gasteiger partial charge in [-0.1, -0.05) is 20.8 Å². The van der Waals surface area contributed by atoms with Crippen molar-refractivity contribution in [1.29, 1.82) is 0 Å². The van der Waals surface area contributed by atoms with E-state index in [4.69, 9.17) is 0 Å². The van der Waals surface area contributed by atoms with E-state index in [1.54, 1.807) is 0 Å². The molecule has 0 aliphatic carbocycles. The monoisotopic (exact) mass is 248 g/mol. The molecule has 98 valence electrons. The van der Waals surface area contributed by atoms with Crippen LogP contribution in [-0.4, -0.2) is 37.6 Å². The molecule has 1 heterocycles. The molecule has 3 heteroatoms. The highest BCUT2D eigenvalue weighted by atomic mass is 35.5. The maximum Gasteiger partial charge on any atom is 0.0204 e. The second-order valence-corrected chi connectivity index (χ2v) is 5.07. The summed E-state index contributed by atoms with van der Waals surface area (Å²) in [4.78, 5) is 2.65. The lowest BCUT2D eigenvalue weighted by Gasteiger charge is -2.35. The van der Waals surface area contributed by atoms with Crippen molar-refractivity contribution >= 4 is 12.4 Å². The highest BCUT2D eigenvalue weighted by Crippen LogP contribution is 2.32. The fraction of sp³-hybridized carbons (Fsp3) is 1.00. The summed E-state index contributed by atoms with van der Waals surface area (Å²) in [5.41, 5.74) is 0.572. The average molecular weight is 249 g/mol. The van der Waals surface area contributed by atoms with E-state index < -0.39 is 0 Å². The summed E-state index contributed by atoms with van der Waals surface area (Å²) in [5, 5.41) is 3.39. The first-order chi connectivity index (χ1) is 7.19. The molecule has 0 amide bonds. The predicted octanol–water partition coefficient (Wildman–Crippen LogP) is 2.92. The Kier molecular flexibility index (Phi) is 7.62. The molecule has 1 aliphatic rings. The second-order valence-electron chi connectivity index (χ2n) is 5.07. The Morgan fingerprint density at radius 2 is 1.75 bits per heavy atom. The van der Waals surface area contributed by atoms with Gasteiger partial charge in [0, 0.05) is 19.1 Å². The van der Waals surface area contributed by atoms with Crippen LogP contribution in [0.4, 0.5) is 0 Å². The minimum atomic E-state index is 0. The average Bonchev–Trinajstić information content (AvgIpc) is 2.73. The lowest BCUT2D eigenvalue weighted by Crippen LogP contribution is -2.37. The highest BCUT2D eigenvalue weighted by molar-refractivity contribution is 5.85. The molecule has 0 aromatic carbocycles. The van der Waals surface area contributed by atoms with Gasteiger partial charge in [-0.25, -0.2) is 0 Å². The third-order valence-electron chi connectivity index (χ3n) is 4.49. The maximum absolute atomic E-state index is 3.39. The van der Waals surface area contributed by atoms with Gasteiger partial charge in [0.15, 0.2) is 0 Å². The van der Waals surface area contributed by atoms with Gasteiger partial charge < -0.3 is 10.2 Å². The third kappa shape index (κ3) is 3.90. The first-order valence-electron chi connectivity index (χ1n) is 6.59. The standard InChI is InChI=1S/C13H28N2.ClH/c1-5-13(6-2,7-3)11-15-9-8-12(10-15)14-4;/h12,14H,5-11H2,1-4H3;1H. The number of hydrogen-bond donors (Lipinski definition) is 1. The quantitative estimate of drug-likeness (QED) is 0.778. The number of hydrogen-bond acceptors (Lipinski definition) is 2. The second kappa shape index (κ2) is 7.52. The van der Waals surface area contributed by atoms with E-state index in [-0.39, 0.29) is 12.4 Å². The van der Waals surface area contributed by atoms with Crippen LogP contribution in [0.1, 0.15) is 46.5 Å². The molecule has 16 heavy (non-hydrogen) atoms.